The molecule has 1 aromatic carbocycles. The van der Waals surface area contributed by atoms with Crippen LogP contribution in [0.3, 0.4) is 0 Å². The van der Waals surface area contributed by atoms with Crippen LogP contribution in [0.25, 0.3) is 11.3 Å². The fourth-order valence-electron chi connectivity index (χ4n) is 1.56. The van der Waals surface area contributed by atoms with E-state index in [0.717, 1.165) is 15.7 Å². The predicted octanol–water partition coefficient (Wildman–Crippen LogP) is 4.13. The Labute approximate surface area is 98.3 Å². The first-order valence-corrected chi connectivity index (χ1v) is 5.66. The smallest absolute Gasteiger partial charge is 0.0734 e. The first kappa shape index (κ1) is 10.4. The highest BCUT2D eigenvalue weighted by molar-refractivity contribution is 9.10. The number of benzene rings is 1. The molecule has 0 atom stereocenters. The highest BCUT2D eigenvalue weighted by atomic mass is 79.9. The number of aryl methyl sites for hydroxylation is 1. The summed E-state index contributed by atoms with van der Waals surface area (Å²) in [7, 11) is 0. The van der Waals surface area contributed by atoms with E-state index in [9.17, 15) is 0 Å². The van der Waals surface area contributed by atoms with Crippen molar-refractivity contribution in [1.29, 1.82) is 0 Å². The Morgan fingerprint density at radius 3 is 2.67 bits per heavy atom. The molecule has 0 aliphatic heterocycles. The minimum atomic E-state index is 1.07. The van der Waals surface area contributed by atoms with Crippen LogP contribution in [0.5, 0.6) is 0 Å². The van der Waals surface area contributed by atoms with E-state index in [-0.39, 0.29) is 0 Å². The SMILES string of the molecule is Cc1ccnc(-c2cccc(Br)c2)c1C. The van der Waals surface area contributed by atoms with E-state index < -0.39 is 0 Å². The predicted molar refractivity (Wildman–Crippen MR) is 66.8 cm³/mol. The molecular weight excluding hydrogens is 250 g/mol. The quantitative estimate of drug-likeness (QED) is 0.753. The number of pyridine rings is 1. The molecule has 1 heterocycles. The van der Waals surface area contributed by atoms with Crippen molar-refractivity contribution in [3.8, 4) is 11.3 Å². The summed E-state index contributed by atoms with van der Waals surface area (Å²) < 4.78 is 1.09. The van der Waals surface area contributed by atoms with Crippen molar-refractivity contribution < 1.29 is 0 Å². The molecule has 0 aliphatic rings. The minimum absolute atomic E-state index is 1.07. The Bertz CT molecular complexity index is 492. The normalized spacial score (nSPS) is 10.3. The molecule has 1 nitrogen and oxygen atoms in total. The molecule has 0 spiro atoms. The van der Waals surface area contributed by atoms with E-state index in [4.69, 9.17) is 0 Å². The highest BCUT2D eigenvalue weighted by Crippen LogP contribution is 2.25. The monoisotopic (exact) mass is 261 g/mol. The number of aromatic nitrogens is 1. The fourth-order valence-corrected chi connectivity index (χ4v) is 1.96. The summed E-state index contributed by atoms with van der Waals surface area (Å²) in [6, 6.07) is 10.3. The van der Waals surface area contributed by atoms with E-state index in [1.807, 2.05) is 24.4 Å². The molecule has 0 unspecified atom stereocenters. The lowest BCUT2D eigenvalue weighted by atomic mass is 10.0. The number of rotatable bonds is 1. The zero-order valence-electron chi connectivity index (χ0n) is 8.79. The van der Waals surface area contributed by atoms with Crippen molar-refractivity contribution in [3.05, 3.63) is 52.1 Å². The Morgan fingerprint density at radius 1 is 1.13 bits per heavy atom. The molecule has 0 fully saturated rings. The van der Waals surface area contributed by atoms with Crippen LogP contribution in [0.1, 0.15) is 11.1 Å². The molecule has 15 heavy (non-hydrogen) atoms. The molecule has 2 heteroatoms. The molecular formula is C13H12BrN. The van der Waals surface area contributed by atoms with Gasteiger partial charge in [-0.25, -0.2) is 0 Å². The second-order valence-electron chi connectivity index (χ2n) is 3.61. The van der Waals surface area contributed by atoms with Crippen LogP contribution in [0.4, 0.5) is 0 Å². The molecule has 76 valence electrons. The standard InChI is InChI=1S/C13H12BrN/c1-9-6-7-15-13(10(9)2)11-4-3-5-12(14)8-11/h3-8H,1-2H3. The lowest BCUT2D eigenvalue weighted by Gasteiger charge is -2.07. The molecule has 0 amide bonds. The minimum Gasteiger partial charge on any atom is -0.256 e. The van der Waals surface area contributed by atoms with Crippen LogP contribution >= 0.6 is 15.9 Å². The van der Waals surface area contributed by atoms with Gasteiger partial charge in [0.15, 0.2) is 0 Å². The van der Waals surface area contributed by atoms with Crippen molar-refractivity contribution in [2.75, 3.05) is 0 Å². The van der Waals surface area contributed by atoms with E-state index in [1.165, 1.54) is 11.1 Å². The zero-order chi connectivity index (χ0) is 10.8. The maximum absolute atomic E-state index is 4.43. The lowest BCUT2D eigenvalue weighted by molar-refractivity contribution is 1.22. The van der Waals surface area contributed by atoms with Gasteiger partial charge < -0.3 is 0 Å². The first-order chi connectivity index (χ1) is 7.18. The summed E-state index contributed by atoms with van der Waals surface area (Å²) in [5.41, 5.74) is 4.75. The number of hydrogen-bond donors (Lipinski definition) is 0. The van der Waals surface area contributed by atoms with Gasteiger partial charge in [0.2, 0.25) is 0 Å². The largest absolute Gasteiger partial charge is 0.256 e. The summed E-state index contributed by atoms with van der Waals surface area (Å²) in [4.78, 5) is 4.43. The average Bonchev–Trinajstić information content (AvgIpc) is 2.22. The van der Waals surface area contributed by atoms with Gasteiger partial charge in [-0.2, -0.15) is 0 Å². The molecule has 0 N–H and O–H groups in total. The van der Waals surface area contributed by atoms with Gasteiger partial charge in [-0.1, -0.05) is 28.1 Å². The van der Waals surface area contributed by atoms with Crippen LogP contribution in [-0.2, 0) is 0 Å². The van der Waals surface area contributed by atoms with Crippen molar-refractivity contribution in [2.24, 2.45) is 0 Å². The Hall–Kier alpha value is -1.15. The van der Waals surface area contributed by atoms with Gasteiger partial charge in [-0.05, 0) is 43.2 Å². The molecule has 0 saturated heterocycles. The van der Waals surface area contributed by atoms with Gasteiger partial charge in [0.05, 0.1) is 5.69 Å². The molecule has 0 bridgehead atoms. The summed E-state index contributed by atoms with van der Waals surface area (Å²) in [6.45, 7) is 4.22. The summed E-state index contributed by atoms with van der Waals surface area (Å²) in [5, 5.41) is 0. The van der Waals surface area contributed by atoms with Crippen LogP contribution in [0.15, 0.2) is 41.0 Å². The van der Waals surface area contributed by atoms with Crippen LogP contribution < -0.4 is 0 Å². The van der Waals surface area contributed by atoms with Crippen molar-refractivity contribution in [2.45, 2.75) is 13.8 Å². The lowest BCUT2D eigenvalue weighted by Crippen LogP contribution is -1.90. The van der Waals surface area contributed by atoms with Gasteiger partial charge >= 0.3 is 0 Å². The van der Waals surface area contributed by atoms with Crippen molar-refractivity contribution in [3.63, 3.8) is 0 Å². The van der Waals surface area contributed by atoms with Gasteiger partial charge in [-0.3, -0.25) is 4.98 Å². The van der Waals surface area contributed by atoms with Crippen molar-refractivity contribution >= 4 is 15.9 Å². The fraction of sp³-hybridized carbons (Fsp3) is 0.154. The van der Waals surface area contributed by atoms with E-state index in [2.05, 4.69) is 46.9 Å². The Kier molecular flexibility index (Phi) is 2.87. The van der Waals surface area contributed by atoms with Crippen LogP contribution in [-0.4, -0.2) is 4.98 Å². The first-order valence-electron chi connectivity index (χ1n) is 4.86. The average molecular weight is 262 g/mol. The molecule has 1 aromatic heterocycles. The maximum atomic E-state index is 4.43. The van der Waals surface area contributed by atoms with Gasteiger partial charge in [0.1, 0.15) is 0 Å². The second kappa shape index (κ2) is 4.15. The molecule has 0 saturated carbocycles. The topological polar surface area (TPSA) is 12.9 Å². The third kappa shape index (κ3) is 2.10. The third-order valence-electron chi connectivity index (χ3n) is 2.57. The van der Waals surface area contributed by atoms with Gasteiger partial charge in [-0.15, -0.1) is 0 Å². The third-order valence-corrected chi connectivity index (χ3v) is 3.07. The van der Waals surface area contributed by atoms with E-state index >= 15 is 0 Å². The zero-order valence-corrected chi connectivity index (χ0v) is 10.4. The molecule has 0 radical (unpaired) electrons. The summed E-state index contributed by atoms with van der Waals surface area (Å²) in [5.74, 6) is 0. The van der Waals surface area contributed by atoms with Crippen LogP contribution in [0.2, 0.25) is 0 Å². The number of nitrogens with zero attached hydrogens (tertiary/aromatic N) is 1. The highest BCUT2D eigenvalue weighted by Gasteiger charge is 2.04. The summed E-state index contributed by atoms with van der Waals surface area (Å²) >= 11 is 3.47. The second-order valence-corrected chi connectivity index (χ2v) is 4.53. The van der Waals surface area contributed by atoms with Crippen LogP contribution in [0, 0.1) is 13.8 Å². The Morgan fingerprint density at radius 2 is 1.93 bits per heavy atom. The number of halogens is 1. The van der Waals surface area contributed by atoms with Gasteiger partial charge in [0, 0.05) is 16.2 Å². The molecule has 0 aliphatic carbocycles. The molecule has 2 aromatic rings. The van der Waals surface area contributed by atoms with E-state index in [1.54, 1.807) is 0 Å². The van der Waals surface area contributed by atoms with Crippen molar-refractivity contribution in [1.82, 2.24) is 4.98 Å². The Balaban J connectivity index is 2.59. The van der Waals surface area contributed by atoms with Gasteiger partial charge in [0.25, 0.3) is 0 Å². The summed E-state index contributed by atoms with van der Waals surface area (Å²) in [6.07, 6.45) is 1.86. The molecule has 2 rings (SSSR count). The number of hydrogen-bond acceptors (Lipinski definition) is 1. The van der Waals surface area contributed by atoms with E-state index in [0.29, 0.717) is 0 Å². The maximum Gasteiger partial charge on any atom is 0.0734 e.